The van der Waals surface area contributed by atoms with Gasteiger partial charge in [0.25, 0.3) is 11.8 Å². The molecule has 4 rings (SSSR count). The topological polar surface area (TPSA) is 76.4 Å². The lowest BCUT2D eigenvalue weighted by Crippen LogP contribution is -2.55. The van der Waals surface area contributed by atoms with Crippen molar-refractivity contribution in [2.24, 2.45) is 0 Å². The number of anilines is 2. The lowest BCUT2D eigenvalue weighted by atomic mass is 9.75. The number of nitrogens with one attached hydrogen (secondary N) is 1. The molecule has 1 heterocycles. The predicted octanol–water partition coefficient (Wildman–Crippen LogP) is 4.14. The Morgan fingerprint density at radius 3 is 2.67 bits per heavy atom. The lowest BCUT2D eigenvalue weighted by molar-refractivity contribution is -0.137. The fraction of sp³-hybridized carbons (Fsp3) is 0.273. The SMILES string of the molecule is [2H]c1cc(C#N)cc(C(F)(F)F)c1N1C(=O)C2(CCC2)N(c2c([2H])c([2H])c(C(=O)NC([2H])([2H])[2H])c(F)c2[2H])C1=S. The molecule has 2 aromatic carbocycles. The summed E-state index contributed by atoms with van der Waals surface area (Å²) in [7, 11) is 0. The van der Waals surface area contributed by atoms with E-state index in [0.717, 1.165) is 11.0 Å². The molecule has 0 bridgehead atoms. The summed E-state index contributed by atoms with van der Waals surface area (Å²) in [5.74, 6) is -4.37. The highest BCUT2D eigenvalue weighted by Gasteiger charge is 2.60. The highest BCUT2D eigenvalue weighted by molar-refractivity contribution is 7.81. The largest absolute Gasteiger partial charge is 0.418 e. The van der Waals surface area contributed by atoms with Crippen LogP contribution in [-0.2, 0) is 11.0 Å². The van der Waals surface area contributed by atoms with E-state index in [1.54, 1.807) is 0 Å². The molecule has 1 aliphatic carbocycles. The summed E-state index contributed by atoms with van der Waals surface area (Å²) in [4.78, 5) is 27.3. The molecule has 2 amide bonds. The molecule has 11 heteroatoms. The van der Waals surface area contributed by atoms with E-state index in [9.17, 15) is 22.8 Å². The molecule has 0 atom stereocenters. The van der Waals surface area contributed by atoms with Crippen molar-refractivity contribution in [3.63, 3.8) is 0 Å². The first-order chi connectivity index (χ1) is 18.4. The van der Waals surface area contributed by atoms with Crippen LogP contribution in [0.2, 0.25) is 0 Å². The van der Waals surface area contributed by atoms with Gasteiger partial charge in [-0.05, 0) is 67.8 Å². The van der Waals surface area contributed by atoms with Gasteiger partial charge in [0, 0.05) is 16.8 Å². The number of carbonyl (C=O) groups excluding carboxylic acids is 2. The fourth-order valence-electron chi connectivity index (χ4n) is 3.79. The summed E-state index contributed by atoms with van der Waals surface area (Å²) in [5, 5.41) is 9.82. The van der Waals surface area contributed by atoms with Crippen LogP contribution < -0.4 is 15.1 Å². The van der Waals surface area contributed by atoms with Crippen LogP contribution in [0.15, 0.2) is 36.3 Å². The quantitative estimate of drug-likeness (QED) is 0.525. The van der Waals surface area contributed by atoms with Gasteiger partial charge >= 0.3 is 6.18 Å². The third kappa shape index (κ3) is 3.41. The number of benzene rings is 2. The van der Waals surface area contributed by atoms with Crippen LogP contribution >= 0.6 is 12.2 Å². The summed E-state index contributed by atoms with van der Waals surface area (Å²) < 4.78 is 112. The molecule has 2 fully saturated rings. The van der Waals surface area contributed by atoms with Crippen molar-refractivity contribution in [3.05, 3.63) is 58.8 Å². The molecule has 33 heavy (non-hydrogen) atoms. The Morgan fingerprint density at radius 2 is 2.09 bits per heavy atom. The molecule has 1 saturated heterocycles. The second kappa shape index (κ2) is 7.81. The van der Waals surface area contributed by atoms with Gasteiger partial charge in [0.15, 0.2) is 5.11 Å². The van der Waals surface area contributed by atoms with Crippen LogP contribution in [0.4, 0.5) is 28.9 Å². The molecule has 1 spiro atoms. The van der Waals surface area contributed by atoms with Crippen molar-refractivity contribution < 1.29 is 36.7 Å². The van der Waals surface area contributed by atoms with Crippen LogP contribution in [0.1, 0.15) is 50.3 Å². The average molecular weight is 483 g/mol. The standard InChI is InChI=1S/C22H16F4N4O2S/c1-28-18(31)14-5-4-13(10-16(14)23)30-20(33)29(19(32)21(30)7-2-8-21)17-6-3-12(11-27)9-15(17)22(24,25)26/h3-6,9-10H,2,7-8H2,1H3,(H,28,31)/i1D3,4D,5D,6D,10D. The van der Waals surface area contributed by atoms with Crippen molar-refractivity contribution >= 4 is 40.5 Å². The van der Waals surface area contributed by atoms with Gasteiger partial charge in [0.05, 0.1) is 33.9 Å². The van der Waals surface area contributed by atoms with Gasteiger partial charge in [-0.3, -0.25) is 14.5 Å². The molecule has 1 aliphatic heterocycles. The van der Waals surface area contributed by atoms with Crippen LogP contribution in [0, 0.1) is 17.1 Å². The Balaban J connectivity index is 1.95. The Labute approximate surface area is 201 Å². The Hall–Kier alpha value is -3.52. The minimum atomic E-state index is -5.15. The molecular formula is C22H16F4N4O2S. The van der Waals surface area contributed by atoms with Gasteiger partial charge in [0.1, 0.15) is 11.4 Å². The minimum absolute atomic E-state index is 0.0530. The summed E-state index contributed by atoms with van der Waals surface area (Å²) in [6.07, 6.45) is -4.90. The first kappa shape index (κ1) is 15.3. The number of halogens is 4. The molecule has 6 nitrogen and oxygen atoms in total. The van der Waals surface area contributed by atoms with E-state index in [2.05, 4.69) is 0 Å². The third-order valence-corrected chi connectivity index (χ3v) is 5.85. The number of hydrogen-bond donors (Lipinski definition) is 1. The summed E-state index contributed by atoms with van der Waals surface area (Å²) in [6, 6.07) is -1.52. The first-order valence-corrected chi connectivity index (χ1v) is 9.70. The molecule has 0 aromatic heterocycles. The number of nitriles is 1. The summed E-state index contributed by atoms with van der Waals surface area (Å²) >= 11 is 5.33. The average Bonchev–Trinajstić information content (AvgIpc) is 3.02. The van der Waals surface area contributed by atoms with Crippen molar-refractivity contribution in [1.29, 1.82) is 5.26 Å². The second-order valence-corrected chi connectivity index (χ2v) is 7.64. The van der Waals surface area contributed by atoms with Crippen molar-refractivity contribution in [3.8, 4) is 6.07 Å². The molecular weight excluding hydrogens is 460 g/mol. The number of thiocarbonyl (C=S) groups is 1. The second-order valence-electron chi connectivity index (χ2n) is 7.27. The third-order valence-electron chi connectivity index (χ3n) is 5.49. The fourth-order valence-corrected chi connectivity index (χ4v) is 4.23. The van der Waals surface area contributed by atoms with E-state index in [0.29, 0.717) is 17.4 Å². The molecule has 0 radical (unpaired) electrons. The van der Waals surface area contributed by atoms with Gasteiger partial charge in [0.2, 0.25) is 0 Å². The minimum Gasteiger partial charge on any atom is -0.355 e. The molecule has 0 unspecified atom stereocenters. The first-order valence-electron chi connectivity index (χ1n) is 12.8. The maximum Gasteiger partial charge on any atom is 0.418 e. The van der Waals surface area contributed by atoms with Crippen molar-refractivity contribution in [1.82, 2.24) is 5.32 Å². The summed E-state index contributed by atoms with van der Waals surface area (Å²) in [5.41, 5.74) is -6.85. The van der Waals surface area contributed by atoms with E-state index in [-0.39, 0.29) is 12.8 Å². The van der Waals surface area contributed by atoms with Gasteiger partial charge in [-0.25, -0.2) is 4.39 Å². The Bertz CT molecular complexity index is 1510. The van der Waals surface area contributed by atoms with Crippen molar-refractivity contribution in [2.45, 2.75) is 31.0 Å². The molecule has 1 saturated carbocycles. The Morgan fingerprint density at radius 1 is 1.36 bits per heavy atom. The maximum absolute atomic E-state index is 15.4. The van der Waals surface area contributed by atoms with Crippen LogP contribution in [-0.4, -0.2) is 29.4 Å². The number of nitrogens with zero attached hydrogens (tertiary/aromatic N) is 3. The smallest absolute Gasteiger partial charge is 0.355 e. The van der Waals surface area contributed by atoms with Gasteiger partial charge in [-0.15, -0.1) is 0 Å². The molecule has 170 valence electrons. The van der Waals surface area contributed by atoms with Gasteiger partial charge in [-0.1, -0.05) is 0 Å². The highest BCUT2D eigenvalue weighted by atomic mass is 32.1. The van der Waals surface area contributed by atoms with Crippen molar-refractivity contribution in [2.75, 3.05) is 16.8 Å². The van der Waals surface area contributed by atoms with E-state index >= 15 is 4.39 Å². The van der Waals surface area contributed by atoms with E-state index in [1.807, 2.05) is 0 Å². The zero-order valence-corrected chi connectivity index (χ0v) is 17.2. The normalized spacial score (nSPS) is 20.6. The van der Waals surface area contributed by atoms with E-state index in [4.69, 9.17) is 27.1 Å². The van der Waals surface area contributed by atoms with Gasteiger partial charge < -0.3 is 10.2 Å². The zero-order valence-electron chi connectivity index (χ0n) is 23.4. The molecule has 1 N–H and O–H groups in total. The number of carbonyl (C=O) groups is 2. The Kier molecular flexibility index (Phi) is 3.63. The van der Waals surface area contributed by atoms with Gasteiger partial charge in [-0.2, -0.15) is 18.4 Å². The number of amides is 2. The highest BCUT2D eigenvalue weighted by Crippen LogP contribution is 2.49. The lowest BCUT2D eigenvalue weighted by Gasteiger charge is -2.43. The van der Waals surface area contributed by atoms with Crippen LogP contribution in [0.25, 0.3) is 0 Å². The molecule has 2 aromatic rings. The maximum atomic E-state index is 15.4. The predicted molar refractivity (Wildman–Crippen MR) is 115 cm³/mol. The summed E-state index contributed by atoms with van der Waals surface area (Å²) in [6.45, 7) is -3.09. The molecule has 2 aliphatic rings. The zero-order chi connectivity index (χ0) is 30.1. The number of alkyl halides is 3. The monoisotopic (exact) mass is 483 g/mol. The number of hydrogen-bond acceptors (Lipinski definition) is 4. The van der Waals surface area contributed by atoms with E-state index in [1.165, 1.54) is 11.4 Å². The van der Waals surface area contributed by atoms with Crippen LogP contribution in [0.3, 0.4) is 0 Å². The van der Waals surface area contributed by atoms with E-state index < -0.39 is 93.7 Å². The number of rotatable bonds is 3. The van der Waals surface area contributed by atoms with Crippen LogP contribution in [0.5, 0.6) is 0 Å².